The van der Waals surface area contributed by atoms with Crippen molar-refractivity contribution in [3.8, 4) is 22.7 Å². The van der Waals surface area contributed by atoms with Crippen LogP contribution in [0, 0.1) is 0 Å². The van der Waals surface area contributed by atoms with Gasteiger partial charge in [0.2, 0.25) is 0 Å². The van der Waals surface area contributed by atoms with Crippen molar-refractivity contribution in [2.45, 2.75) is 0 Å². The number of fused-ring (bicyclic) bond motifs is 1. The Balaban J connectivity index is 1.77. The largest absolute Gasteiger partial charge is 0.454 e. The van der Waals surface area contributed by atoms with E-state index in [2.05, 4.69) is 10.2 Å². The van der Waals surface area contributed by atoms with Crippen LogP contribution in [0.3, 0.4) is 0 Å². The molecule has 0 spiro atoms. The molecule has 0 amide bonds. The highest BCUT2D eigenvalue weighted by molar-refractivity contribution is 6.30. The van der Waals surface area contributed by atoms with Gasteiger partial charge in [-0.2, -0.15) is 5.10 Å². The fraction of sp³-hybridized carbons (Fsp3) is 0. The van der Waals surface area contributed by atoms with Gasteiger partial charge < -0.3 is 4.42 Å². The summed E-state index contributed by atoms with van der Waals surface area (Å²) in [4.78, 5) is 0. The van der Waals surface area contributed by atoms with Crippen molar-refractivity contribution in [2.75, 3.05) is 0 Å². The molecule has 0 unspecified atom stereocenters. The molecule has 0 atom stereocenters. The maximum atomic E-state index is 6.02. The average molecular weight is 295 g/mol. The number of hydrogen-bond donors (Lipinski definition) is 1. The van der Waals surface area contributed by atoms with Crippen LogP contribution in [0.4, 0.5) is 0 Å². The summed E-state index contributed by atoms with van der Waals surface area (Å²) >= 11 is 6.02. The summed E-state index contributed by atoms with van der Waals surface area (Å²) in [5, 5.41) is 9.12. The first-order valence-corrected chi connectivity index (χ1v) is 6.98. The second-order valence-corrected chi connectivity index (χ2v) is 5.26. The van der Waals surface area contributed by atoms with E-state index in [1.54, 1.807) is 0 Å². The molecule has 2 aromatic heterocycles. The number of para-hydroxylation sites is 1. The van der Waals surface area contributed by atoms with Gasteiger partial charge in [-0.15, -0.1) is 0 Å². The van der Waals surface area contributed by atoms with E-state index in [1.807, 2.05) is 60.7 Å². The number of benzene rings is 2. The molecule has 1 N–H and O–H groups in total. The highest BCUT2D eigenvalue weighted by Crippen LogP contribution is 2.29. The molecule has 102 valence electrons. The van der Waals surface area contributed by atoms with Gasteiger partial charge in [-0.25, -0.2) is 0 Å². The van der Waals surface area contributed by atoms with Gasteiger partial charge in [0.05, 0.1) is 5.69 Å². The van der Waals surface area contributed by atoms with Crippen LogP contribution >= 0.6 is 11.6 Å². The monoisotopic (exact) mass is 294 g/mol. The molecule has 3 nitrogen and oxygen atoms in total. The second kappa shape index (κ2) is 4.79. The number of hydrogen-bond acceptors (Lipinski definition) is 2. The van der Waals surface area contributed by atoms with E-state index in [4.69, 9.17) is 16.0 Å². The molecule has 0 bridgehead atoms. The summed E-state index contributed by atoms with van der Waals surface area (Å²) in [5.74, 6) is 0.775. The van der Waals surface area contributed by atoms with E-state index >= 15 is 0 Å². The van der Waals surface area contributed by atoms with Gasteiger partial charge in [0.25, 0.3) is 0 Å². The molecule has 0 aliphatic heterocycles. The van der Waals surface area contributed by atoms with Crippen molar-refractivity contribution in [3.05, 3.63) is 65.7 Å². The third kappa shape index (κ3) is 2.22. The first-order valence-electron chi connectivity index (χ1n) is 6.60. The molecule has 0 radical (unpaired) electrons. The topological polar surface area (TPSA) is 41.8 Å². The maximum absolute atomic E-state index is 6.02. The quantitative estimate of drug-likeness (QED) is 0.556. The summed E-state index contributed by atoms with van der Waals surface area (Å²) in [5.41, 5.74) is 3.53. The van der Waals surface area contributed by atoms with Crippen LogP contribution in [0.15, 0.2) is 65.1 Å². The van der Waals surface area contributed by atoms with Crippen LogP contribution < -0.4 is 0 Å². The Morgan fingerprint density at radius 3 is 2.71 bits per heavy atom. The van der Waals surface area contributed by atoms with Gasteiger partial charge in [0, 0.05) is 16.0 Å². The van der Waals surface area contributed by atoms with E-state index in [0.29, 0.717) is 5.02 Å². The minimum atomic E-state index is 0.695. The minimum Gasteiger partial charge on any atom is -0.454 e. The summed E-state index contributed by atoms with van der Waals surface area (Å²) in [7, 11) is 0. The van der Waals surface area contributed by atoms with Gasteiger partial charge in [-0.1, -0.05) is 41.9 Å². The van der Waals surface area contributed by atoms with Crippen molar-refractivity contribution in [2.24, 2.45) is 0 Å². The van der Waals surface area contributed by atoms with Crippen LogP contribution in [-0.2, 0) is 0 Å². The average Bonchev–Trinajstić information content (AvgIpc) is 3.14. The van der Waals surface area contributed by atoms with Crippen LogP contribution in [0.25, 0.3) is 33.7 Å². The SMILES string of the molecule is Clc1cccc(-c2cc(-c3cc4ccccc4o3)[nH]n2)c1. The Hall–Kier alpha value is -2.52. The van der Waals surface area contributed by atoms with E-state index in [0.717, 1.165) is 33.7 Å². The van der Waals surface area contributed by atoms with Crippen LogP contribution in [0.2, 0.25) is 5.02 Å². The lowest BCUT2D eigenvalue weighted by Crippen LogP contribution is -1.76. The maximum Gasteiger partial charge on any atom is 0.153 e. The molecule has 4 aromatic rings. The molecule has 0 aliphatic carbocycles. The van der Waals surface area contributed by atoms with E-state index < -0.39 is 0 Å². The Bertz CT molecular complexity index is 890. The summed E-state index contributed by atoms with van der Waals surface area (Å²) in [6, 6.07) is 19.5. The Morgan fingerprint density at radius 2 is 1.86 bits per heavy atom. The molecule has 0 fully saturated rings. The highest BCUT2D eigenvalue weighted by Gasteiger charge is 2.10. The molecule has 4 rings (SSSR count). The standard InChI is InChI=1S/C17H11ClN2O/c18-13-6-3-5-11(8-13)14-10-15(20-19-14)17-9-12-4-1-2-7-16(12)21-17/h1-10H,(H,19,20). The number of aromatic nitrogens is 2. The molecule has 21 heavy (non-hydrogen) atoms. The zero-order chi connectivity index (χ0) is 14.2. The summed E-state index contributed by atoms with van der Waals surface area (Å²) < 4.78 is 5.83. The van der Waals surface area contributed by atoms with Crippen LogP contribution in [0.5, 0.6) is 0 Å². The molecular formula is C17H11ClN2O. The highest BCUT2D eigenvalue weighted by atomic mass is 35.5. The Labute approximate surface area is 126 Å². The summed E-state index contributed by atoms with van der Waals surface area (Å²) in [6.45, 7) is 0. The Morgan fingerprint density at radius 1 is 0.952 bits per heavy atom. The third-order valence-corrected chi connectivity index (χ3v) is 3.62. The molecule has 0 aliphatic rings. The van der Waals surface area contributed by atoms with E-state index in [-0.39, 0.29) is 0 Å². The van der Waals surface area contributed by atoms with E-state index in [1.165, 1.54) is 0 Å². The number of halogens is 1. The fourth-order valence-electron chi connectivity index (χ4n) is 2.36. The van der Waals surface area contributed by atoms with Crippen molar-refractivity contribution < 1.29 is 4.42 Å². The second-order valence-electron chi connectivity index (χ2n) is 4.83. The first-order chi connectivity index (χ1) is 10.3. The van der Waals surface area contributed by atoms with Crippen LogP contribution in [-0.4, -0.2) is 10.2 Å². The molecular weight excluding hydrogens is 284 g/mol. The number of aromatic amines is 1. The Kier molecular flexibility index (Phi) is 2.79. The molecule has 2 heterocycles. The predicted molar refractivity (Wildman–Crippen MR) is 84.2 cm³/mol. The first kappa shape index (κ1) is 12.2. The minimum absolute atomic E-state index is 0.695. The van der Waals surface area contributed by atoms with E-state index in [9.17, 15) is 0 Å². The zero-order valence-electron chi connectivity index (χ0n) is 11.0. The number of nitrogens with zero attached hydrogens (tertiary/aromatic N) is 1. The number of nitrogens with one attached hydrogen (secondary N) is 1. The van der Waals surface area contributed by atoms with Gasteiger partial charge >= 0.3 is 0 Å². The van der Waals surface area contributed by atoms with Gasteiger partial charge in [0.1, 0.15) is 11.3 Å². The smallest absolute Gasteiger partial charge is 0.153 e. The molecule has 0 saturated heterocycles. The molecule has 4 heteroatoms. The molecule has 0 saturated carbocycles. The lowest BCUT2D eigenvalue weighted by Gasteiger charge is -1.95. The molecule has 2 aromatic carbocycles. The predicted octanol–water partition coefficient (Wildman–Crippen LogP) is 5.14. The number of furan rings is 1. The van der Waals surface area contributed by atoms with Gasteiger partial charge in [-0.05, 0) is 30.3 Å². The van der Waals surface area contributed by atoms with Crippen molar-refractivity contribution in [1.29, 1.82) is 0 Å². The number of rotatable bonds is 2. The van der Waals surface area contributed by atoms with Crippen molar-refractivity contribution >= 4 is 22.6 Å². The lowest BCUT2D eigenvalue weighted by atomic mass is 10.1. The van der Waals surface area contributed by atoms with Gasteiger partial charge in [-0.3, -0.25) is 5.10 Å². The fourth-order valence-corrected chi connectivity index (χ4v) is 2.55. The number of H-pyrrole nitrogens is 1. The van der Waals surface area contributed by atoms with Crippen molar-refractivity contribution in [1.82, 2.24) is 10.2 Å². The normalized spacial score (nSPS) is 11.1. The van der Waals surface area contributed by atoms with Gasteiger partial charge in [0.15, 0.2) is 5.76 Å². The zero-order valence-corrected chi connectivity index (χ0v) is 11.8. The summed E-state index contributed by atoms with van der Waals surface area (Å²) in [6.07, 6.45) is 0. The van der Waals surface area contributed by atoms with Crippen molar-refractivity contribution in [3.63, 3.8) is 0 Å². The third-order valence-electron chi connectivity index (χ3n) is 3.39. The lowest BCUT2D eigenvalue weighted by molar-refractivity contribution is 0.628. The van der Waals surface area contributed by atoms with Crippen LogP contribution in [0.1, 0.15) is 0 Å².